The molecule has 4 rings (SSSR count). The van der Waals surface area contributed by atoms with Crippen molar-refractivity contribution in [1.82, 2.24) is 10.6 Å². The van der Waals surface area contributed by atoms with Crippen LogP contribution in [0.2, 0.25) is 0 Å². The Labute approximate surface area is 133 Å². The van der Waals surface area contributed by atoms with Crippen molar-refractivity contribution in [2.24, 2.45) is 11.8 Å². The second kappa shape index (κ2) is 5.86. The third-order valence-electron chi connectivity index (χ3n) is 5.82. The van der Waals surface area contributed by atoms with E-state index in [-0.39, 0.29) is 22.9 Å². The maximum Gasteiger partial charge on any atom is 0.220 e. The Hall–Kier alpha value is -1.06. The van der Waals surface area contributed by atoms with Gasteiger partial charge in [-0.15, -0.1) is 0 Å². The molecule has 0 aromatic carbocycles. The van der Waals surface area contributed by atoms with Crippen LogP contribution in [0.5, 0.6) is 0 Å². The second-order valence-corrected chi connectivity index (χ2v) is 8.12. The summed E-state index contributed by atoms with van der Waals surface area (Å²) >= 11 is 0. The molecule has 0 aliphatic heterocycles. The first-order chi connectivity index (χ1) is 10.5. The Morgan fingerprint density at radius 2 is 1.27 bits per heavy atom. The summed E-state index contributed by atoms with van der Waals surface area (Å²) < 4.78 is 0. The molecule has 0 spiro atoms. The molecule has 4 saturated carbocycles. The smallest absolute Gasteiger partial charge is 0.220 e. The van der Waals surface area contributed by atoms with E-state index in [4.69, 9.17) is 0 Å². The second-order valence-electron chi connectivity index (χ2n) is 8.12. The molecule has 4 aliphatic carbocycles. The molecule has 4 aliphatic rings. The third-order valence-corrected chi connectivity index (χ3v) is 5.82. The van der Waals surface area contributed by atoms with Crippen LogP contribution < -0.4 is 10.6 Å². The van der Waals surface area contributed by atoms with Crippen molar-refractivity contribution in [2.75, 3.05) is 0 Å². The highest BCUT2D eigenvalue weighted by atomic mass is 16.2. The molecule has 0 unspecified atom stereocenters. The molecule has 22 heavy (non-hydrogen) atoms. The van der Waals surface area contributed by atoms with Crippen LogP contribution in [0.1, 0.15) is 78.1 Å². The van der Waals surface area contributed by atoms with E-state index < -0.39 is 0 Å². The van der Waals surface area contributed by atoms with Gasteiger partial charge in [-0.3, -0.25) is 9.59 Å². The van der Waals surface area contributed by atoms with E-state index in [0.29, 0.717) is 24.7 Å². The summed E-state index contributed by atoms with van der Waals surface area (Å²) in [6, 6.07) is 0. The molecular weight excluding hydrogens is 276 g/mol. The van der Waals surface area contributed by atoms with Crippen LogP contribution in [0.25, 0.3) is 0 Å². The molecule has 4 nitrogen and oxygen atoms in total. The van der Waals surface area contributed by atoms with Gasteiger partial charge in [-0.25, -0.2) is 0 Å². The van der Waals surface area contributed by atoms with Crippen LogP contribution >= 0.6 is 0 Å². The van der Waals surface area contributed by atoms with E-state index in [1.54, 1.807) is 0 Å². The van der Waals surface area contributed by atoms with Gasteiger partial charge in [-0.2, -0.15) is 0 Å². The monoisotopic (exact) mass is 306 g/mol. The number of rotatable bonds is 6. The minimum Gasteiger partial charge on any atom is -0.351 e. The number of nitrogens with one attached hydrogen (secondary N) is 2. The van der Waals surface area contributed by atoms with Crippen molar-refractivity contribution < 1.29 is 9.59 Å². The summed E-state index contributed by atoms with van der Waals surface area (Å²) in [5.41, 5.74) is -0.0916. The van der Waals surface area contributed by atoms with E-state index >= 15 is 0 Å². The van der Waals surface area contributed by atoms with Gasteiger partial charge in [-0.05, 0) is 63.2 Å². The average Bonchev–Trinajstić information content (AvgIpc) is 2.35. The van der Waals surface area contributed by atoms with Crippen molar-refractivity contribution in [2.45, 2.75) is 89.1 Å². The molecule has 0 aromatic rings. The van der Waals surface area contributed by atoms with Gasteiger partial charge in [0.2, 0.25) is 11.8 Å². The summed E-state index contributed by atoms with van der Waals surface area (Å²) in [4.78, 5) is 24.3. The minimum absolute atomic E-state index is 0.0458. The van der Waals surface area contributed by atoms with Crippen LogP contribution in [0, 0.1) is 11.8 Å². The highest BCUT2D eigenvalue weighted by Crippen LogP contribution is 2.57. The quantitative estimate of drug-likeness (QED) is 0.792. The predicted molar refractivity (Wildman–Crippen MR) is 86.2 cm³/mol. The fourth-order valence-electron chi connectivity index (χ4n) is 5.73. The van der Waals surface area contributed by atoms with Crippen molar-refractivity contribution in [3.63, 3.8) is 0 Å². The van der Waals surface area contributed by atoms with E-state index in [2.05, 4.69) is 10.6 Å². The van der Waals surface area contributed by atoms with Gasteiger partial charge in [0.25, 0.3) is 0 Å². The molecule has 0 aromatic heterocycles. The molecule has 2 amide bonds. The van der Waals surface area contributed by atoms with E-state index in [1.807, 2.05) is 13.8 Å². The zero-order chi connectivity index (χ0) is 15.8. The summed E-state index contributed by atoms with van der Waals surface area (Å²) in [5, 5.41) is 6.73. The Morgan fingerprint density at radius 3 is 1.64 bits per heavy atom. The number of hydrogen-bond acceptors (Lipinski definition) is 2. The van der Waals surface area contributed by atoms with Gasteiger partial charge < -0.3 is 10.6 Å². The average molecular weight is 306 g/mol. The Morgan fingerprint density at radius 1 is 0.864 bits per heavy atom. The van der Waals surface area contributed by atoms with E-state index in [0.717, 1.165) is 44.9 Å². The van der Waals surface area contributed by atoms with E-state index in [1.165, 1.54) is 6.42 Å². The highest BCUT2D eigenvalue weighted by Gasteiger charge is 2.58. The lowest BCUT2D eigenvalue weighted by molar-refractivity contribution is -0.132. The van der Waals surface area contributed by atoms with Gasteiger partial charge in [0.15, 0.2) is 0 Å². The Balaban J connectivity index is 1.75. The zero-order valence-corrected chi connectivity index (χ0v) is 14.0. The Kier molecular flexibility index (Phi) is 4.21. The van der Waals surface area contributed by atoms with Crippen LogP contribution in [0.15, 0.2) is 0 Å². The normalized spacial score (nSPS) is 38.8. The molecule has 0 radical (unpaired) electrons. The molecule has 0 atom stereocenters. The lowest BCUT2D eigenvalue weighted by Crippen LogP contribution is -2.69. The maximum absolute atomic E-state index is 12.2. The third kappa shape index (κ3) is 3.02. The molecule has 2 N–H and O–H groups in total. The van der Waals surface area contributed by atoms with Crippen molar-refractivity contribution >= 4 is 11.8 Å². The van der Waals surface area contributed by atoms with Crippen molar-refractivity contribution in [3.8, 4) is 0 Å². The molecule has 4 bridgehead atoms. The van der Waals surface area contributed by atoms with Gasteiger partial charge in [0.05, 0.1) is 0 Å². The highest BCUT2D eigenvalue weighted by molar-refractivity contribution is 5.78. The van der Waals surface area contributed by atoms with Gasteiger partial charge in [0.1, 0.15) is 0 Å². The summed E-state index contributed by atoms with van der Waals surface area (Å²) in [7, 11) is 0. The first kappa shape index (κ1) is 15.8. The maximum atomic E-state index is 12.2. The fraction of sp³-hybridized carbons (Fsp3) is 0.889. The molecule has 4 fully saturated rings. The first-order valence-electron chi connectivity index (χ1n) is 9.10. The summed E-state index contributed by atoms with van der Waals surface area (Å²) in [6.45, 7) is 4.09. The summed E-state index contributed by atoms with van der Waals surface area (Å²) in [5.74, 6) is 1.73. The number of hydrogen-bond donors (Lipinski definition) is 2. The standard InChI is InChI=1S/C18H30N2O2/c1-3-5-15(21)19-17-8-13-7-14(9-17)11-18(10-13,12-17)20-16(22)6-4-2/h13-14H,3-12H2,1-2H3,(H,19,21)(H,20,22). The molecule has 0 saturated heterocycles. The number of amides is 2. The SMILES string of the molecule is CCCC(=O)NC12CC3CC(C1)CC(NC(=O)CCC)(C3)C2. The van der Waals surface area contributed by atoms with Gasteiger partial charge in [0, 0.05) is 23.9 Å². The van der Waals surface area contributed by atoms with Crippen LogP contribution in [0.4, 0.5) is 0 Å². The molecule has 0 heterocycles. The minimum atomic E-state index is -0.0458. The topological polar surface area (TPSA) is 58.2 Å². The fourth-order valence-corrected chi connectivity index (χ4v) is 5.73. The van der Waals surface area contributed by atoms with Crippen LogP contribution in [-0.2, 0) is 9.59 Å². The van der Waals surface area contributed by atoms with Crippen molar-refractivity contribution in [1.29, 1.82) is 0 Å². The van der Waals surface area contributed by atoms with Crippen LogP contribution in [0.3, 0.4) is 0 Å². The number of carbonyl (C=O) groups is 2. The van der Waals surface area contributed by atoms with Gasteiger partial charge in [-0.1, -0.05) is 13.8 Å². The summed E-state index contributed by atoms with van der Waals surface area (Å²) in [6.07, 6.45) is 9.72. The molecule has 4 heteroatoms. The Bertz CT molecular complexity index is 408. The van der Waals surface area contributed by atoms with Gasteiger partial charge >= 0.3 is 0 Å². The molecule has 124 valence electrons. The number of carbonyl (C=O) groups excluding carboxylic acids is 2. The largest absolute Gasteiger partial charge is 0.351 e. The predicted octanol–water partition coefficient (Wildman–Crippen LogP) is 2.91. The van der Waals surface area contributed by atoms with Crippen LogP contribution in [-0.4, -0.2) is 22.9 Å². The van der Waals surface area contributed by atoms with Crippen molar-refractivity contribution in [3.05, 3.63) is 0 Å². The lowest BCUT2D eigenvalue weighted by atomic mass is 9.49. The first-order valence-corrected chi connectivity index (χ1v) is 9.10. The molecular formula is C18H30N2O2. The lowest BCUT2D eigenvalue weighted by Gasteiger charge is -2.62. The zero-order valence-electron chi connectivity index (χ0n) is 14.0. The van der Waals surface area contributed by atoms with E-state index in [9.17, 15) is 9.59 Å².